The summed E-state index contributed by atoms with van der Waals surface area (Å²) < 4.78 is 29.8. The van der Waals surface area contributed by atoms with E-state index < -0.39 is 16.1 Å². The largest absolute Gasteiger partial charge is 0.550 e. The van der Waals surface area contributed by atoms with Crippen molar-refractivity contribution in [3.63, 3.8) is 0 Å². The Kier molecular flexibility index (Phi) is 2.87. The fourth-order valence-corrected chi connectivity index (χ4v) is 1.43. The molecule has 5 nitrogen and oxygen atoms in total. The lowest BCUT2D eigenvalue weighted by molar-refractivity contribution is -0.304. The second-order valence-corrected chi connectivity index (χ2v) is 4.09. The van der Waals surface area contributed by atoms with Gasteiger partial charge in [-0.1, -0.05) is 12.1 Å². The normalized spacial score (nSPS) is 11.2. The van der Waals surface area contributed by atoms with Gasteiger partial charge in [-0.25, -0.2) is 0 Å². The molecule has 0 aromatic heterocycles. The number of hydrogen-bond acceptors (Lipinski definition) is 4. The summed E-state index contributed by atoms with van der Waals surface area (Å²) in [6.45, 7) is 0. The van der Waals surface area contributed by atoms with Gasteiger partial charge in [-0.05, 0) is 17.7 Å². The molecule has 0 heterocycles. The van der Waals surface area contributed by atoms with Crippen LogP contribution in [0.1, 0.15) is 5.56 Å². The number of hydrogen-bond donors (Lipinski definition) is 1. The molecule has 76 valence electrons. The molecule has 1 aromatic rings. The van der Waals surface area contributed by atoms with Gasteiger partial charge in [-0.15, -0.1) is 0 Å². The third kappa shape index (κ3) is 2.82. The summed E-state index contributed by atoms with van der Waals surface area (Å²) in [5.41, 5.74) is 0.414. The number of aliphatic carboxylic acids is 1. The van der Waals surface area contributed by atoms with Crippen LogP contribution in [0.25, 0.3) is 0 Å². The van der Waals surface area contributed by atoms with Crippen LogP contribution in [0.5, 0.6) is 0 Å². The van der Waals surface area contributed by atoms with E-state index >= 15 is 0 Å². The van der Waals surface area contributed by atoms with Gasteiger partial charge in [0.15, 0.2) is 0 Å². The molecule has 0 radical (unpaired) electrons. The number of carboxylic acid groups (broad SMARTS) is 1. The zero-order valence-corrected chi connectivity index (χ0v) is 7.82. The summed E-state index contributed by atoms with van der Waals surface area (Å²) in [4.78, 5) is 9.91. The van der Waals surface area contributed by atoms with Crippen molar-refractivity contribution >= 4 is 16.1 Å². The fraction of sp³-hybridized carbons (Fsp3) is 0.125. The molecule has 1 aromatic carbocycles. The van der Waals surface area contributed by atoms with Gasteiger partial charge >= 0.3 is 0 Å². The molecule has 0 amide bonds. The van der Waals surface area contributed by atoms with Gasteiger partial charge in [-0.2, -0.15) is 8.42 Å². The Balaban J connectivity index is 2.95. The maximum Gasteiger partial charge on any atom is 0.294 e. The van der Waals surface area contributed by atoms with Gasteiger partial charge in [-0.3, -0.25) is 4.55 Å². The average molecular weight is 215 g/mol. The number of carbonyl (C=O) groups excluding carboxylic acids is 1. The maximum atomic E-state index is 10.6. The Morgan fingerprint density at radius 3 is 2.14 bits per heavy atom. The Morgan fingerprint density at radius 2 is 1.79 bits per heavy atom. The van der Waals surface area contributed by atoms with Gasteiger partial charge in [0.05, 0.1) is 4.90 Å². The van der Waals surface area contributed by atoms with Gasteiger partial charge in [0.25, 0.3) is 10.1 Å². The molecule has 0 aliphatic rings. The summed E-state index contributed by atoms with van der Waals surface area (Å²) in [6.07, 6.45) is -0.286. The van der Waals surface area contributed by atoms with Crippen LogP contribution < -0.4 is 5.11 Å². The Bertz CT molecular complexity index is 431. The predicted octanol–water partition coefficient (Wildman–Crippen LogP) is -0.774. The van der Waals surface area contributed by atoms with Gasteiger partial charge in [0, 0.05) is 12.4 Å². The first-order valence-electron chi connectivity index (χ1n) is 3.66. The summed E-state index contributed by atoms with van der Waals surface area (Å²) in [5.74, 6) is -1.25. The van der Waals surface area contributed by atoms with Crippen LogP contribution in [0.3, 0.4) is 0 Å². The second kappa shape index (κ2) is 3.77. The van der Waals surface area contributed by atoms with Crippen molar-refractivity contribution in [1.29, 1.82) is 0 Å². The molecule has 0 fully saturated rings. The molecule has 1 N–H and O–H groups in total. The lowest BCUT2D eigenvalue weighted by Crippen LogP contribution is -2.24. The van der Waals surface area contributed by atoms with E-state index in [9.17, 15) is 18.3 Å². The molecule has 0 unspecified atom stereocenters. The van der Waals surface area contributed by atoms with Crippen LogP contribution in [0.15, 0.2) is 29.2 Å². The van der Waals surface area contributed by atoms with Crippen molar-refractivity contribution in [3.8, 4) is 0 Å². The highest BCUT2D eigenvalue weighted by Crippen LogP contribution is 2.10. The monoisotopic (exact) mass is 215 g/mol. The van der Waals surface area contributed by atoms with Crippen LogP contribution in [0.2, 0.25) is 0 Å². The van der Waals surface area contributed by atoms with E-state index in [1.165, 1.54) is 12.1 Å². The maximum absolute atomic E-state index is 10.6. The molecular weight excluding hydrogens is 208 g/mol. The SMILES string of the molecule is O=C([O-])Cc1ccc(S(=O)(=O)O)cc1. The van der Waals surface area contributed by atoms with E-state index in [4.69, 9.17) is 4.55 Å². The second-order valence-electron chi connectivity index (χ2n) is 2.67. The first-order chi connectivity index (χ1) is 6.39. The molecule has 0 aliphatic heterocycles. The van der Waals surface area contributed by atoms with Crippen molar-refractivity contribution in [2.75, 3.05) is 0 Å². The van der Waals surface area contributed by atoms with Gasteiger partial charge < -0.3 is 9.90 Å². The molecule has 0 bridgehead atoms. The molecule has 0 saturated heterocycles. The lowest BCUT2D eigenvalue weighted by Gasteiger charge is -2.02. The fourth-order valence-electron chi connectivity index (χ4n) is 0.946. The van der Waals surface area contributed by atoms with E-state index in [0.717, 1.165) is 12.1 Å². The molecule has 0 spiro atoms. The highest BCUT2D eigenvalue weighted by atomic mass is 32.2. The molecular formula is C8H7O5S-. The van der Waals surface area contributed by atoms with Gasteiger partial charge in [0.2, 0.25) is 0 Å². The Labute approximate surface area is 80.7 Å². The number of rotatable bonds is 3. The molecule has 0 saturated carbocycles. The molecule has 0 atom stereocenters. The van der Waals surface area contributed by atoms with Crippen LogP contribution >= 0.6 is 0 Å². The van der Waals surface area contributed by atoms with Crippen LogP contribution in [-0.4, -0.2) is 18.9 Å². The van der Waals surface area contributed by atoms with E-state index in [2.05, 4.69) is 0 Å². The summed E-state index contributed by atoms with van der Waals surface area (Å²) in [5, 5.41) is 10.2. The molecule has 6 heteroatoms. The minimum Gasteiger partial charge on any atom is -0.550 e. The first kappa shape index (κ1) is 10.7. The first-order valence-corrected chi connectivity index (χ1v) is 5.10. The summed E-state index contributed by atoms with van der Waals surface area (Å²) >= 11 is 0. The molecule has 1 rings (SSSR count). The van der Waals surface area contributed by atoms with Crippen molar-refractivity contribution in [2.45, 2.75) is 11.3 Å². The number of carboxylic acids is 1. The van der Waals surface area contributed by atoms with Crippen molar-refractivity contribution in [2.24, 2.45) is 0 Å². The number of carbonyl (C=O) groups is 1. The summed E-state index contributed by atoms with van der Waals surface area (Å²) in [6, 6.07) is 4.87. The highest BCUT2D eigenvalue weighted by Gasteiger charge is 2.07. The van der Waals surface area contributed by atoms with Crippen molar-refractivity contribution < 1.29 is 22.9 Å². The van der Waals surface area contributed by atoms with Crippen LogP contribution in [-0.2, 0) is 21.3 Å². The minimum absolute atomic E-state index is 0.264. The van der Waals surface area contributed by atoms with Crippen LogP contribution in [0.4, 0.5) is 0 Å². The molecule has 0 aliphatic carbocycles. The smallest absolute Gasteiger partial charge is 0.294 e. The van der Waals surface area contributed by atoms with E-state index in [1.54, 1.807) is 0 Å². The third-order valence-corrected chi connectivity index (χ3v) is 2.44. The zero-order valence-electron chi connectivity index (χ0n) is 7.00. The highest BCUT2D eigenvalue weighted by molar-refractivity contribution is 7.85. The van der Waals surface area contributed by atoms with E-state index in [0.29, 0.717) is 5.56 Å². The lowest BCUT2D eigenvalue weighted by atomic mass is 10.2. The van der Waals surface area contributed by atoms with E-state index in [-0.39, 0.29) is 11.3 Å². The number of benzene rings is 1. The Hall–Kier alpha value is -1.40. The molecule has 14 heavy (non-hydrogen) atoms. The summed E-state index contributed by atoms with van der Waals surface area (Å²) in [7, 11) is -4.21. The van der Waals surface area contributed by atoms with E-state index in [1.807, 2.05) is 0 Å². The third-order valence-electron chi connectivity index (χ3n) is 1.57. The van der Waals surface area contributed by atoms with Crippen molar-refractivity contribution in [3.05, 3.63) is 29.8 Å². The standard InChI is InChI=1S/C8H8O5S/c9-8(10)5-6-1-3-7(4-2-6)14(11,12)13/h1-4H,5H2,(H,9,10)(H,11,12,13)/p-1. The minimum atomic E-state index is -4.21. The van der Waals surface area contributed by atoms with Crippen LogP contribution in [0, 0.1) is 0 Å². The van der Waals surface area contributed by atoms with Gasteiger partial charge in [0.1, 0.15) is 0 Å². The topological polar surface area (TPSA) is 94.5 Å². The Morgan fingerprint density at radius 1 is 1.29 bits per heavy atom. The van der Waals surface area contributed by atoms with Crippen molar-refractivity contribution in [1.82, 2.24) is 0 Å². The zero-order chi connectivity index (χ0) is 10.8. The average Bonchev–Trinajstić information content (AvgIpc) is 2.02. The predicted molar refractivity (Wildman–Crippen MR) is 45.0 cm³/mol. The quantitative estimate of drug-likeness (QED) is 0.668.